The van der Waals surface area contributed by atoms with Gasteiger partial charge in [-0.2, -0.15) is 0 Å². The Morgan fingerprint density at radius 2 is 1.87 bits per heavy atom. The van der Waals surface area contributed by atoms with E-state index in [1.807, 2.05) is 38.1 Å². The van der Waals surface area contributed by atoms with E-state index in [4.69, 9.17) is 11.6 Å². The molecule has 0 saturated heterocycles. The second-order valence-corrected chi connectivity index (χ2v) is 5.67. The maximum Gasteiger partial charge on any atom is 0.278 e. The van der Waals surface area contributed by atoms with E-state index in [0.29, 0.717) is 22.1 Å². The van der Waals surface area contributed by atoms with E-state index >= 15 is 0 Å². The SMILES string of the molecule is Cc1cccc(-n2nnc(C(=O)Nc3ccc(Cl)cc3)c2C)c1. The number of nitrogens with one attached hydrogen (secondary N) is 1. The fourth-order valence-corrected chi connectivity index (χ4v) is 2.39. The van der Waals surface area contributed by atoms with E-state index in [9.17, 15) is 4.79 Å². The highest BCUT2D eigenvalue weighted by Crippen LogP contribution is 2.17. The molecule has 0 aliphatic rings. The van der Waals surface area contributed by atoms with Crippen molar-refractivity contribution in [2.45, 2.75) is 13.8 Å². The van der Waals surface area contributed by atoms with E-state index in [2.05, 4.69) is 15.6 Å². The van der Waals surface area contributed by atoms with Crippen LogP contribution in [0.25, 0.3) is 5.69 Å². The van der Waals surface area contributed by atoms with Gasteiger partial charge in [0.2, 0.25) is 0 Å². The monoisotopic (exact) mass is 326 g/mol. The molecule has 3 aromatic rings. The third-order valence-electron chi connectivity index (χ3n) is 3.46. The number of benzene rings is 2. The van der Waals surface area contributed by atoms with Crippen molar-refractivity contribution < 1.29 is 4.79 Å². The predicted octanol–water partition coefficient (Wildman–Crippen LogP) is 3.79. The van der Waals surface area contributed by atoms with E-state index in [0.717, 1.165) is 11.3 Å². The zero-order chi connectivity index (χ0) is 16.4. The average Bonchev–Trinajstić information content (AvgIpc) is 2.91. The first kappa shape index (κ1) is 15.2. The molecule has 1 N–H and O–H groups in total. The molecule has 1 aromatic heterocycles. The maximum atomic E-state index is 12.4. The third-order valence-corrected chi connectivity index (χ3v) is 3.71. The van der Waals surface area contributed by atoms with Gasteiger partial charge in [-0.25, -0.2) is 4.68 Å². The lowest BCUT2D eigenvalue weighted by Gasteiger charge is -2.06. The van der Waals surface area contributed by atoms with Gasteiger partial charge in [0.25, 0.3) is 5.91 Å². The van der Waals surface area contributed by atoms with Crippen molar-refractivity contribution in [2.24, 2.45) is 0 Å². The Balaban J connectivity index is 1.86. The number of halogens is 1. The number of nitrogens with zero attached hydrogens (tertiary/aromatic N) is 3. The summed E-state index contributed by atoms with van der Waals surface area (Å²) in [7, 11) is 0. The lowest BCUT2D eigenvalue weighted by Crippen LogP contribution is -2.14. The Labute approximate surface area is 138 Å². The van der Waals surface area contributed by atoms with Crippen molar-refractivity contribution in [3.63, 3.8) is 0 Å². The number of hydrogen-bond acceptors (Lipinski definition) is 3. The molecule has 0 atom stereocenters. The zero-order valence-corrected chi connectivity index (χ0v) is 13.5. The van der Waals surface area contributed by atoms with Gasteiger partial charge < -0.3 is 5.32 Å². The predicted molar refractivity (Wildman–Crippen MR) is 90.2 cm³/mol. The zero-order valence-electron chi connectivity index (χ0n) is 12.7. The molecule has 23 heavy (non-hydrogen) atoms. The van der Waals surface area contributed by atoms with Crippen LogP contribution in [0.15, 0.2) is 48.5 Å². The largest absolute Gasteiger partial charge is 0.321 e. The summed E-state index contributed by atoms with van der Waals surface area (Å²) in [6, 6.07) is 14.8. The number of aromatic nitrogens is 3. The Kier molecular flexibility index (Phi) is 4.12. The van der Waals surface area contributed by atoms with Crippen LogP contribution < -0.4 is 5.32 Å². The molecular weight excluding hydrogens is 312 g/mol. The van der Waals surface area contributed by atoms with Gasteiger partial charge in [0.05, 0.1) is 11.4 Å². The molecule has 0 aliphatic carbocycles. The van der Waals surface area contributed by atoms with Gasteiger partial charge in [-0.1, -0.05) is 28.9 Å². The van der Waals surface area contributed by atoms with Crippen LogP contribution >= 0.6 is 11.6 Å². The fraction of sp³-hybridized carbons (Fsp3) is 0.118. The van der Waals surface area contributed by atoms with Crippen LogP contribution in [0.5, 0.6) is 0 Å². The number of carbonyl (C=O) groups is 1. The lowest BCUT2D eigenvalue weighted by molar-refractivity contribution is 0.102. The molecule has 116 valence electrons. The molecule has 1 amide bonds. The molecule has 0 bridgehead atoms. The van der Waals surface area contributed by atoms with Crippen molar-refractivity contribution in [1.82, 2.24) is 15.0 Å². The first-order chi connectivity index (χ1) is 11.0. The summed E-state index contributed by atoms with van der Waals surface area (Å²) < 4.78 is 1.66. The standard InChI is InChI=1S/C17H15ClN4O/c1-11-4-3-5-15(10-11)22-12(2)16(20-21-22)17(23)19-14-8-6-13(18)7-9-14/h3-10H,1-2H3,(H,19,23). The summed E-state index contributed by atoms with van der Waals surface area (Å²) in [6.07, 6.45) is 0. The highest BCUT2D eigenvalue weighted by Gasteiger charge is 2.17. The summed E-state index contributed by atoms with van der Waals surface area (Å²) in [5, 5.41) is 11.5. The molecule has 0 aliphatic heterocycles. The minimum atomic E-state index is -0.302. The van der Waals surface area contributed by atoms with Crippen LogP contribution in [0, 0.1) is 13.8 Å². The van der Waals surface area contributed by atoms with E-state index < -0.39 is 0 Å². The second kappa shape index (κ2) is 6.22. The average molecular weight is 327 g/mol. The Hall–Kier alpha value is -2.66. The summed E-state index contributed by atoms with van der Waals surface area (Å²) in [6.45, 7) is 3.82. The molecule has 6 heteroatoms. The van der Waals surface area contributed by atoms with Gasteiger partial charge >= 0.3 is 0 Å². The fourth-order valence-electron chi connectivity index (χ4n) is 2.27. The van der Waals surface area contributed by atoms with E-state index in [1.54, 1.807) is 28.9 Å². The minimum absolute atomic E-state index is 0.293. The normalized spacial score (nSPS) is 10.6. The van der Waals surface area contributed by atoms with Crippen molar-refractivity contribution in [3.8, 4) is 5.69 Å². The number of rotatable bonds is 3. The molecule has 0 saturated carbocycles. The van der Waals surface area contributed by atoms with Gasteiger partial charge in [-0.3, -0.25) is 4.79 Å². The van der Waals surface area contributed by atoms with Crippen LogP contribution in [0.3, 0.4) is 0 Å². The van der Waals surface area contributed by atoms with Crippen LogP contribution in [0.1, 0.15) is 21.7 Å². The van der Waals surface area contributed by atoms with E-state index in [1.165, 1.54) is 0 Å². The molecule has 5 nitrogen and oxygen atoms in total. The number of amides is 1. The number of anilines is 1. The smallest absolute Gasteiger partial charge is 0.278 e. The summed E-state index contributed by atoms with van der Waals surface area (Å²) >= 11 is 5.84. The lowest BCUT2D eigenvalue weighted by atomic mass is 10.2. The highest BCUT2D eigenvalue weighted by atomic mass is 35.5. The van der Waals surface area contributed by atoms with Crippen molar-refractivity contribution >= 4 is 23.2 Å². The summed E-state index contributed by atoms with van der Waals surface area (Å²) in [5.41, 5.74) is 3.62. The van der Waals surface area contributed by atoms with Crippen LogP contribution in [0.2, 0.25) is 5.02 Å². The van der Waals surface area contributed by atoms with Crippen molar-refractivity contribution in [2.75, 3.05) is 5.32 Å². The summed E-state index contributed by atoms with van der Waals surface area (Å²) in [4.78, 5) is 12.4. The van der Waals surface area contributed by atoms with Crippen LogP contribution in [-0.2, 0) is 0 Å². The number of hydrogen-bond donors (Lipinski definition) is 1. The van der Waals surface area contributed by atoms with Gasteiger partial charge in [0.15, 0.2) is 5.69 Å². The summed E-state index contributed by atoms with van der Waals surface area (Å²) in [5.74, 6) is -0.302. The Bertz CT molecular complexity index is 855. The quantitative estimate of drug-likeness (QED) is 0.796. The molecule has 0 radical (unpaired) electrons. The van der Waals surface area contributed by atoms with Crippen molar-refractivity contribution in [1.29, 1.82) is 0 Å². The molecule has 0 spiro atoms. The van der Waals surface area contributed by atoms with E-state index in [-0.39, 0.29) is 5.91 Å². The molecular formula is C17H15ClN4O. The Morgan fingerprint density at radius 1 is 1.13 bits per heavy atom. The van der Waals surface area contributed by atoms with Gasteiger partial charge in [-0.05, 0) is 55.8 Å². The molecule has 2 aromatic carbocycles. The van der Waals surface area contributed by atoms with Crippen LogP contribution in [0.4, 0.5) is 5.69 Å². The van der Waals surface area contributed by atoms with Crippen LogP contribution in [-0.4, -0.2) is 20.9 Å². The Morgan fingerprint density at radius 3 is 2.57 bits per heavy atom. The molecule has 3 rings (SSSR count). The van der Waals surface area contributed by atoms with Gasteiger partial charge in [0, 0.05) is 10.7 Å². The first-order valence-corrected chi connectivity index (χ1v) is 7.48. The second-order valence-electron chi connectivity index (χ2n) is 5.24. The van der Waals surface area contributed by atoms with Gasteiger partial charge in [0.1, 0.15) is 0 Å². The minimum Gasteiger partial charge on any atom is -0.321 e. The first-order valence-electron chi connectivity index (χ1n) is 7.11. The molecule has 1 heterocycles. The van der Waals surface area contributed by atoms with Gasteiger partial charge in [-0.15, -0.1) is 5.10 Å². The topological polar surface area (TPSA) is 59.8 Å². The van der Waals surface area contributed by atoms with Crippen molar-refractivity contribution in [3.05, 3.63) is 70.5 Å². The molecule has 0 fully saturated rings. The number of carbonyl (C=O) groups excluding carboxylic acids is 1. The maximum absolute atomic E-state index is 12.4. The third kappa shape index (κ3) is 3.24. The highest BCUT2D eigenvalue weighted by molar-refractivity contribution is 6.30. The molecule has 0 unspecified atom stereocenters. The number of aryl methyl sites for hydroxylation is 1.